The van der Waals surface area contributed by atoms with E-state index in [1.54, 1.807) is 14.2 Å². The summed E-state index contributed by atoms with van der Waals surface area (Å²) in [7, 11) is 3.11. The van der Waals surface area contributed by atoms with Gasteiger partial charge in [0.1, 0.15) is 12.3 Å². The highest BCUT2D eigenvalue weighted by Gasteiger charge is 2.61. The summed E-state index contributed by atoms with van der Waals surface area (Å²) in [6.07, 6.45) is 2.86. The lowest BCUT2D eigenvalue weighted by Crippen LogP contribution is -2.42. The third-order valence-corrected chi connectivity index (χ3v) is 8.54. The Kier molecular flexibility index (Phi) is 5.24. The number of carbonyl (C=O) groups is 1. The average molecular weight is 380 g/mol. The Morgan fingerprint density at radius 3 is 2.72 bits per heavy atom. The normalized spacial score (nSPS) is 24.1. The van der Waals surface area contributed by atoms with Crippen molar-refractivity contribution < 1.29 is 18.7 Å². The molecular weight excluding hydrogens is 358 g/mol. The monoisotopic (exact) mass is 379 g/mol. The first-order valence-electron chi connectivity index (χ1n) is 8.01. The Balaban J connectivity index is 2.05. The molecule has 1 unspecified atom stereocenters. The molecule has 1 spiro atoms. The van der Waals surface area contributed by atoms with Crippen LogP contribution in [0.5, 0.6) is 5.95 Å². The SMILES string of the molecule is COCC#CC(=O)C1(C)C(c2nc(C)c(OC)o2)=CCC12SCCS2. The molecule has 2 heterocycles. The van der Waals surface area contributed by atoms with Crippen molar-refractivity contribution in [1.29, 1.82) is 0 Å². The van der Waals surface area contributed by atoms with Crippen molar-refractivity contribution in [2.45, 2.75) is 24.3 Å². The number of thioether (sulfide) groups is 2. The van der Waals surface area contributed by atoms with Gasteiger partial charge in [0.15, 0.2) is 0 Å². The summed E-state index contributed by atoms with van der Waals surface area (Å²) in [5, 5.41) is 0. The minimum absolute atomic E-state index is 0.120. The van der Waals surface area contributed by atoms with Crippen LogP contribution in [-0.2, 0) is 9.53 Å². The first-order chi connectivity index (χ1) is 12.0. The predicted molar refractivity (Wildman–Crippen MR) is 101 cm³/mol. The molecule has 0 amide bonds. The molecule has 1 aromatic heterocycles. The van der Waals surface area contributed by atoms with Crippen LogP contribution in [0.25, 0.3) is 5.57 Å². The molecule has 3 rings (SSSR count). The van der Waals surface area contributed by atoms with Crippen LogP contribution >= 0.6 is 23.5 Å². The molecule has 0 bridgehead atoms. The molecule has 0 N–H and O–H groups in total. The minimum atomic E-state index is -0.790. The van der Waals surface area contributed by atoms with Crippen molar-refractivity contribution in [3.63, 3.8) is 0 Å². The van der Waals surface area contributed by atoms with Crippen LogP contribution in [-0.4, -0.2) is 47.2 Å². The zero-order valence-electron chi connectivity index (χ0n) is 14.8. The number of aryl methyl sites for hydroxylation is 1. The highest BCUT2D eigenvalue weighted by Crippen LogP contribution is 2.65. The van der Waals surface area contributed by atoms with E-state index in [-0.39, 0.29) is 16.5 Å². The van der Waals surface area contributed by atoms with E-state index in [0.717, 1.165) is 23.5 Å². The van der Waals surface area contributed by atoms with Gasteiger partial charge in [0, 0.05) is 24.2 Å². The maximum Gasteiger partial charge on any atom is 0.308 e. The molecule has 7 heteroatoms. The second-order valence-electron chi connectivity index (χ2n) is 6.06. The third-order valence-electron chi connectivity index (χ3n) is 4.67. The molecule has 1 aromatic rings. The van der Waals surface area contributed by atoms with E-state index >= 15 is 0 Å². The summed E-state index contributed by atoms with van der Waals surface area (Å²) in [6, 6.07) is 0. The summed E-state index contributed by atoms with van der Waals surface area (Å²) >= 11 is 3.66. The van der Waals surface area contributed by atoms with Crippen molar-refractivity contribution in [2.75, 3.05) is 32.3 Å². The number of Topliss-reactive ketones (excluding diaryl/α,β-unsaturated/α-hetero) is 1. The quantitative estimate of drug-likeness (QED) is 0.588. The molecule has 134 valence electrons. The van der Waals surface area contributed by atoms with Crippen molar-refractivity contribution in [3.05, 3.63) is 17.7 Å². The van der Waals surface area contributed by atoms with Crippen LogP contribution in [0.15, 0.2) is 10.5 Å². The third kappa shape index (κ3) is 2.90. The van der Waals surface area contributed by atoms with Crippen molar-refractivity contribution in [1.82, 2.24) is 4.98 Å². The molecule has 1 fully saturated rings. The van der Waals surface area contributed by atoms with E-state index in [4.69, 9.17) is 13.9 Å². The summed E-state index contributed by atoms with van der Waals surface area (Å²) in [5.41, 5.74) is 0.686. The summed E-state index contributed by atoms with van der Waals surface area (Å²) in [6.45, 7) is 4.03. The van der Waals surface area contributed by atoms with E-state index in [1.807, 2.05) is 37.4 Å². The van der Waals surface area contributed by atoms with Crippen molar-refractivity contribution in [3.8, 4) is 17.8 Å². The van der Waals surface area contributed by atoms with Gasteiger partial charge >= 0.3 is 5.95 Å². The van der Waals surface area contributed by atoms with Gasteiger partial charge in [0.05, 0.1) is 16.6 Å². The average Bonchev–Trinajstić information content (AvgIpc) is 3.29. The number of carbonyl (C=O) groups excluding carboxylic acids is 1. The lowest BCUT2D eigenvalue weighted by molar-refractivity contribution is -0.119. The molecule has 0 radical (unpaired) electrons. The molecule has 1 aliphatic heterocycles. The van der Waals surface area contributed by atoms with Gasteiger partial charge in [0.2, 0.25) is 11.7 Å². The Morgan fingerprint density at radius 2 is 2.12 bits per heavy atom. The van der Waals surface area contributed by atoms with E-state index < -0.39 is 5.41 Å². The van der Waals surface area contributed by atoms with Crippen LogP contribution < -0.4 is 4.74 Å². The maximum atomic E-state index is 13.2. The van der Waals surface area contributed by atoms with Gasteiger partial charge in [-0.25, -0.2) is 4.98 Å². The van der Waals surface area contributed by atoms with Gasteiger partial charge in [-0.3, -0.25) is 4.79 Å². The van der Waals surface area contributed by atoms with Gasteiger partial charge in [-0.05, 0) is 26.2 Å². The number of aromatic nitrogens is 1. The first kappa shape index (κ1) is 18.4. The van der Waals surface area contributed by atoms with E-state index in [0.29, 0.717) is 17.5 Å². The van der Waals surface area contributed by atoms with Gasteiger partial charge < -0.3 is 13.9 Å². The fourth-order valence-corrected chi connectivity index (χ4v) is 6.85. The van der Waals surface area contributed by atoms with Gasteiger partial charge in [-0.15, -0.1) is 23.5 Å². The van der Waals surface area contributed by atoms with Crippen molar-refractivity contribution >= 4 is 34.9 Å². The number of methoxy groups -OCH3 is 2. The number of hydrogen-bond donors (Lipinski definition) is 0. The number of allylic oxidation sites excluding steroid dienone is 2. The first-order valence-corrected chi connectivity index (χ1v) is 9.98. The number of nitrogens with zero attached hydrogens (tertiary/aromatic N) is 1. The largest absolute Gasteiger partial charge is 0.467 e. The van der Waals surface area contributed by atoms with Crippen LogP contribution in [0, 0.1) is 24.2 Å². The molecule has 0 aromatic carbocycles. The Labute approximate surface area is 156 Å². The Hall–Kier alpha value is -1.36. The number of ether oxygens (including phenoxy) is 2. The lowest BCUT2D eigenvalue weighted by Gasteiger charge is -2.38. The smallest absolute Gasteiger partial charge is 0.308 e. The number of oxazole rings is 1. The molecule has 1 saturated heterocycles. The van der Waals surface area contributed by atoms with Gasteiger partial charge in [-0.2, -0.15) is 0 Å². The van der Waals surface area contributed by atoms with Crippen LogP contribution in [0.2, 0.25) is 0 Å². The minimum Gasteiger partial charge on any atom is -0.467 e. The number of ketones is 1. The standard InChI is InChI=1S/C18H21NO4S2/c1-12-16(22-4)23-15(19-12)13-7-8-18(24-10-11-25-18)17(13,2)14(20)6-5-9-21-3/h7H,8-11H2,1-4H3. The highest BCUT2D eigenvalue weighted by molar-refractivity contribution is 8.21. The zero-order valence-corrected chi connectivity index (χ0v) is 16.4. The zero-order chi connectivity index (χ0) is 18.1. The Morgan fingerprint density at radius 1 is 1.40 bits per heavy atom. The van der Waals surface area contributed by atoms with Crippen LogP contribution in [0.3, 0.4) is 0 Å². The van der Waals surface area contributed by atoms with E-state index in [2.05, 4.69) is 22.9 Å². The topological polar surface area (TPSA) is 61.6 Å². The van der Waals surface area contributed by atoms with Crippen LogP contribution in [0.4, 0.5) is 0 Å². The Bertz CT molecular complexity index is 768. The van der Waals surface area contributed by atoms with E-state index in [9.17, 15) is 4.79 Å². The fourth-order valence-electron chi connectivity index (χ4n) is 3.31. The van der Waals surface area contributed by atoms with Gasteiger partial charge in [-0.1, -0.05) is 12.0 Å². The summed E-state index contributed by atoms with van der Waals surface area (Å²) in [5.74, 6) is 8.32. The second-order valence-corrected chi connectivity index (χ2v) is 9.10. The van der Waals surface area contributed by atoms with E-state index in [1.165, 1.54) is 0 Å². The second kappa shape index (κ2) is 7.10. The molecule has 5 nitrogen and oxygen atoms in total. The highest BCUT2D eigenvalue weighted by atomic mass is 32.2. The molecule has 1 atom stereocenters. The summed E-state index contributed by atoms with van der Waals surface area (Å²) < 4.78 is 15.7. The molecule has 2 aliphatic rings. The number of rotatable bonds is 4. The maximum absolute atomic E-state index is 13.2. The fraction of sp³-hybridized carbons (Fsp3) is 0.556. The van der Waals surface area contributed by atoms with Crippen molar-refractivity contribution in [2.24, 2.45) is 5.41 Å². The van der Waals surface area contributed by atoms with Crippen LogP contribution in [0.1, 0.15) is 24.9 Å². The molecular formula is C18H21NO4S2. The molecule has 1 aliphatic carbocycles. The predicted octanol–water partition coefficient (Wildman–Crippen LogP) is 3.18. The molecule has 25 heavy (non-hydrogen) atoms. The summed E-state index contributed by atoms with van der Waals surface area (Å²) in [4.78, 5) is 17.6. The lowest BCUT2D eigenvalue weighted by atomic mass is 9.78. The number of hydrogen-bond acceptors (Lipinski definition) is 7. The molecule has 0 saturated carbocycles. The van der Waals surface area contributed by atoms with Gasteiger partial charge in [0.25, 0.3) is 0 Å².